The summed E-state index contributed by atoms with van der Waals surface area (Å²) in [6.07, 6.45) is 5.66. The number of amides is 3. The minimum Gasteiger partial charge on any atom is -0.456 e. The number of rotatable bonds is 22. The molecule has 8 rings (SSSR count). The Morgan fingerprint density at radius 2 is 1.53 bits per heavy atom. The summed E-state index contributed by atoms with van der Waals surface area (Å²) in [5, 5.41) is 2.99. The number of piperidine rings is 1. The molecular weight excluding hydrogens is 927 g/mol. The second-order valence-corrected chi connectivity index (χ2v) is 20.9. The number of fused-ring (bicyclic) bond motifs is 6. The fraction of sp³-hybridized carbons (Fsp3) is 0.439. The summed E-state index contributed by atoms with van der Waals surface area (Å²) < 4.78 is 43.9. The summed E-state index contributed by atoms with van der Waals surface area (Å²) in [4.78, 5) is 54.0. The van der Waals surface area contributed by atoms with E-state index >= 15 is 0 Å². The third-order valence-electron chi connectivity index (χ3n) is 14.6. The minimum absolute atomic E-state index is 0.0681. The maximum absolute atomic E-state index is 14.2. The van der Waals surface area contributed by atoms with Crippen LogP contribution in [-0.2, 0) is 54.3 Å². The molecular formula is C57H71N7O7S. The average molecular weight is 998 g/mol. The maximum atomic E-state index is 14.2. The Hall–Kier alpha value is -6.13. The van der Waals surface area contributed by atoms with Gasteiger partial charge in [0.25, 0.3) is 0 Å². The van der Waals surface area contributed by atoms with Gasteiger partial charge in [0.15, 0.2) is 5.60 Å². The minimum atomic E-state index is -3.92. The van der Waals surface area contributed by atoms with Crippen LogP contribution in [0.15, 0.2) is 114 Å². The molecule has 2 N–H and O–H groups in total. The van der Waals surface area contributed by atoms with Crippen LogP contribution < -0.4 is 19.7 Å². The van der Waals surface area contributed by atoms with Gasteiger partial charge in [0.1, 0.15) is 17.5 Å². The summed E-state index contributed by atoms with van der Waals surface area (Å²) in [6.45, 7) is 17.0. The molecule has 72 heavy (non-hydrogen) atoms. The van der Waals surface area contributed by atoms with Gasteiger partial charge in [-0.15, -0.1) is 0 Å². The van der Waals surface area contributed by atoms with Gasteiger partial charge in [-0.05, 0) is 131 Å². The first-order valence-electron chi connectivity index (χ1n) is 25.8. The molecule has 14 nitrogen and oxygen atoms in total. The van der Waals surface area contributed by atoms with Crippen LogP contribution in [0, 0.1) is 12.8 Å². The van der Waals surface area contributed by atoms with Gasteiger partial charge in [-0.3, -0.25) is 24.3 Å². The molecule has 0 bridgehead atoms. The molecule has 382 valence electrons. The van der Waals surface area contributed by atoms with Crippen LogP contribution in [0.25, 0.3) is 0 Å². The van der Waals surface area contributed by atoms with E-state index in [2.05, 4.69) is 75.9 Å². The lowest BCUT2D eigenvalue weighted by Gasteiger charge is -2.38. The lowest BCUT2D eigenvalue weighted by Crippen LogP contribution is -2.52. The van der Waals surface area contributed by atoms with E-state index in [4.69, 9.17) is 9.47 Å². The third-order valence-corrected chi connectivity index (χ3v) is 16.0. The van der Waals surface area contributed by atoms with Gasteiger partial charge in [-0.2, -0.15) is 0 Å². The van der Waals surface area contributed by atoms with Crippen molar-refractivity contribution in [2.24, 2.45) is 5.92 Å². The average Bonchev–Trinajstić information content (AvgIpc) is 3.77. The van der Waals surface area contributed by atoms with E-state index in [0.29, 0.717) is 69.8 Å². The Labute approximate surface area is 426 Å². The molecule has 4 aromatic carbocycles. The highest BCUT2D eigenvalue weighted by Gasteiger charge is 2.50. The zero-order chi connectivity index (χ0) is 50.8. The number of nitrogens with one attached hydrogen (secondary N) is 2. The van der Waals surface area contributed by atoms with Crippen molar-refractivity contribution in [1.82, 2.24) is 29.7 Å². The Balaban J connectivity index is 0.887. The summed E-state index contributed by atoms with van der Waals surface area (Å²) in [7, 11) is -3.92. The predicted molar refractivity (Wildman–Crippen MR) is 280 cm³/mol. The van der Waals surface area contributed by atoms with Crippen LogP contribution in [0.2, 0.25) is 0 Å². The van der Waals surface area contributed by atoms with E-state index in [1.165, 1.54) is 5.56 Å². The van der Waals surface area contributed by atoms with Crippen molar-refractivity contribution in [2.45, 2.75) is 103 Å². The van der Waals surface area contributed by atoms with Crippen molar-refractivity contribution >= 4 is 33.4 Å². The van der Waals surface area contributed by atoms with Crippen molar-refractivity contribution in [2.75, 3.05) is 63.8 Å². The van der Waals surface area contributed by atoms with Crippen molar-refractivity contribution < 1.29 is 32.3 Å². The number of ether oxygens (including phenoxy) is 2. The van der Waals surface area contributed by atoms with Gasteiger partial charge in [0.05, 0.1) is 17.9 Å². The van der Waals surface area contributed by atoms with E-state index in [1.807, 2.05) is 67.3 Å². The molecule has 2 unspecified atom stereocenters. The summed E-state index contributed by atoms with van der Waals surface area (Å²) in [6, 6.07) is 30.7. The number of hydrogen-bond donors (Lipinski definition) is 2. The van der Waals surface area contributed by atoms with E-state index in [-0.39, 0.29) is 48.1 Å². The molecule has 0 radical (unpaired) electrons. The van der Waals surface area contributed by atoms with Gasteiger partial charge in [-0.25, -0.2) is 13.1 Å². The number of sulfonamides is 1. The lowest BCUT2D eigenvalue weighted by atomic mass is 9.77. The van der Waals surface area contributed by atoms with Gasteiger partial charge in [0, 0.05) is 100 Å². The maximum Gasteiger partial charge on any atom is 0.245 e. The highest BCUT2D eigenvalue weighted by atomic mass is 32.2. The number of likely N-dealkylation sites (N-methyl/N-ethyl adjacent to an activating group) is 2. The summed E-state index contributed by atoms with van der Waals surface area (Å²) in [5.74, 6) is 0.865. The first kappa shape index (κ1) is 52.2. The zero-order valence-corrected chi connectivity index (χ0v) is 43.4. The number of anilines is 1. The standard InChI is InChI=1S/C57H71N7O7S/c1-6-61(39-42-16-11-10-12-17-42)32-33-63(9-4)55(66)44-26-30-64(31-27-44)56(67)51(60-54(65)35-43-18-15-28-58-38-43)19-13-14-29-59-72(68,69)47-22-25-48-45(36-47)40-70-57(48)49-23-20-41(5)34-52(49)71-53-37-46(21-24-50(53)57)62(7-2)8-3/h10-12,15-18,20-25,28,34,36-38,44,51,59H,6-9,13-14,19,26-27,29-33,35,39-40H2,1-5H3,(H,60,65). The largest absolute Gasteiger partial charge is 0.456 e. The third kappa shape index (κ3) is 11.7. The topological polar surface area (TPSA) is 154 Å². The van der Waals surface area contributed by atoms with Crippen LogP contribution in [0.5, 0.6) is 11.5 Å². The molecule has 3 aliphatic rings. The Morgan fingerprint density at radius 3 is 2.24 bits per heavy atom. The molecule has 0 aliphatic carbocycles. The van der Waals surface area contributed by atoms with Crippen LogP contribution in [0.3, 0.4) is 0 Å². The molecule has 1 aromatic heterocycles. The first-order valence-corrected chi connectivity index (χ1v) is 27.3. The Morgan fingerprint density at radius 1 is 0.806 bits per heavy atom. The Kier molecular flexibility index (Phi) is 17.1. The zero-order valence-electron chi connectivity index (χ0n) is 42.6. The highest BCUT2D eigenvalue weighted by molar-refractivity contribution is 7.89. The summed E-state index contributed by atoms with van der Waals surface area (Å²) >= 11 is 0. The monoisotopic (exact) mass is 998 g/mol. The molecule has 3 aliphatic heterocycles. The van der Waals surface area contributed by atoms with E-state index < -0.39 is 21.7 Å². The fourth-order valence-electron chi connectivity index (χ4n) is 10.5. The second-order valence-electron chi connectivity index (χ2n) is 19.2. The molecule has 3 amide bonds. The first-order chi connectivity index (χ1) is 34.9. The number of aromatic nitrogens is 1. The van der Waals surface area contributed by atoms with Crippen molar-refractivity contribution in [3.63, 3.8) is 0 Å². The number of carbonyl (C=O) groups excluding carboxylic acids is 3. The number of pyridine rings is 1. The molecule has 15 heteroatoms. The molecule has 4 heterocycles. The number of carbonyl (C=O) groups is 3. The smallest absolute Gasteiger partial charge is 0.245 e. The molecule has 1 fully saturated rings. The number of unbranched alkanes of at least 4 members (excludes halogenated alkanes) is 1. The molecule has 1 saturated heterocycles. The van der Waals surface area contributed by atoms with Crippen LogP contribution in [0.4, 0.5) is 5.69 Å². The lowest BCUT2D eigenvalue weighted by molar-refractivity contribution is -0.142. The van der Waals surface area contributed by atoms with Crippen molar-refractivity contribution in [3.8, 4) is 11.5 Å². The van der Waals surface area contributed by atoms with Gasteiger partial charge < -0.3 is 29.5 Å². The second kappa shape index (κ2) is 23.6. The molecule has 0 saturated carbocycles. The van der Waals surface area contributed by atoms with Gasteiger partial charge in [-0.1, -0.05) is 61.5 Å². The quantitative estimate of drug-likeness (QED) is 0.0654. The predicted octanol–water partition coefficient (Wildman–Crippen LogP) is 7.95. The van der Waals surface area contributed by atoms with Crippen molar-refractivity contribution in [3.05, 3.63) is 148 Å². The number of likely N-dealkylation sites (tertiary alicyclic amines) is 1. The number of hydrogen-bond acceptors (Lipinski definition) is 10. The van der Waals surface area contributed by atoms with Crippen LogP contribution >= 0.6 is 0 Å². The van der Waals surface area contributed by atoms with Crippen molar-refractivity contribution in [1.29, 1.82) is 0 Å². The Bertz CT molecular complexity index is 2780. The van der Waals surface area contributed by atoms with Gasteiger partial charge >= 0.3 is 0 Å². The molecule has 5 aromatic rings. The molecule has 1 spiro atoms. The van der Waals surface area contributed by atoms with E-state index in [0.717, 1.165) is 71.8 Å². The SMILES string of the molecule is CCN(CCN(CC)C(=O)C1CCN(C(=O)C(CCCCNS(=O)(=O)c2ccc3c(c2)COC32c3ccc(C)cc3Oc3cc(N(CC)CC)ccc32)NC(=O)Cc2cccnc2)CC1)Cc1ccccc1. The summed E-state index contributed by atoms with van der Waals surface area (Å²) in [5.41, 5.74) is 6.50. The number of benzene rings is 4. The highest BCUT2D eigenvalue weighted by Crippen LogP contribution is 2.57. The van der Waals surface area contributed by atoms with E-state index in [1.54, 1.807) is 35.5 Å². The fourth-order valence-corrected chi connectivity index (χ4v) is 11.6. The van der Waals surface area contributed by atoms with Gasteiger partial charge in [0.2, 0.25) is 27.7 Å². The van der Waals surface area contributed by atoms with Crippen LogP contribution in [-0.4, -0.2) is 111 Å². The van der Waals surface area contributed by atoms with E-state index in [9.17, 15) is 22.8 Å². The van der Waals surface area contributed by atoms with Crippen LogP contribution in [0.1, 0.15) is 98.7 Å². The molecule has 2 atom stereocenters. The normalized spacial score (nSPS) is 16.7. The number of aryl methyl sites for hydroxylation is 1. The number of nitrogens with zero attached hydrogens (tertiary/aromatic N) is 5.